The van der Waals surface area contributed by atoms with Crippen LogP contribution in [-0.4, -0.2) is 24.5 Å². The van der Waals surface area contributed by atoms with Gasteiger partial charge < -0.3 is 10.6 Å². The third-order valence-electron chi connectivity index (χ3n) is 3.24. The summed E-state index contributed by atoms with van der Waals surface area (Å²) in [6, 6.07) is 9.19. The Kier molecular flexibility index (Phi) is 6.36. The standard InChI is InChI=1S/C16H16F3N5S/c1-21-15(23-9-12-4-2-11(8-20)3-5-12)22-7-6-14-24-13(10-25-14)16(17,18)19/h2-5,10H,6-7,9H2,1H3,(H2,21,22,23). The van der Waals surface area contributed by atoms with Gasteiger partial charge in [-0.1, -0.05) is 12.1 Å². The van der Waals surface area contributed by atoms with Crippen molar-refractivity contribution in [2.24, 2.45) is 4.99 Å². The number of hydrogen-bond acceptors (Lipinski definition) is 4. The van der Waals surface area contributed by atoms with Crippen molar-refractivity contribution in [3.63, 3.8) is 0 Å². The SMILES string of the molecule is CN=C(NCCc1nc(C(F)(F)F)cs1)NCc1ccc(C#N)cc1. The van der Waals surface area contributed by atoms with Crippen molar-refractivity contribution in [2.75, 3.05) is 13.6 Å². The summed E-state index contributed by atoms with van der Waals surface area (Å²) >= 11 is 0.992. The number of nitrogens with zero attached hydrogens (tertiary/aromatic N) is 3. The summed E-state index contributed by atoms with van der Waals surface area (Å²) < 4.78 is 37.5. The molecule has 0 saturated carbocycles. The zero-order chi connectivity index (χ0) is 18.3. The van der Waals surface area contributed by atoms with Crippen molar-refractivity contribution >= 4 is 17.3 Å². The molecular weight excluding hydrogens is 351 g/mol. The lowest BCUT2D eigenvalue weighted by molar-refractivity contribution is -0.140. The van der Waals surface area contributed by atoms with E-state index < -0.39 is 11.9 Å². The smallest absolute Gasteiger partial charge is 0.356 e. The average molecular weight is 367 g/mol. The normalized spacial score (nSPS) is 11.9. The largest absolute Gasteiger partial charge is 0.434 e. The number of guanidine groups is 1. The molecule has 9 heteroatoms. The minimum absolute atomic E-state index is 0.373. The zero-order valence-electron chi connectivity index (χ0n) is 13.4. The molecule has 2 aromatic rings. The number of nitriles is 1. The Balaban J connectivity index is 1.78. The molecule has 0 aliphatic rings. The van der Waals surface area contributed by atoms with Crippen LogP contribution < -0.4 is 10.6 Å². The molecule has 1 aromatic carbocycles. The van der Waals surface area contributed by atoms with Crippen LogP contribution in [0.2, 0.25) is 0 Å². The van der Waals surface area contributed by atoms with Crippen LogP contribution >= 0.6 is 11.3 Å². The maximum Gasteiger partial charge on any atom is 0.434 e. The van der Waals surface area contributed by atoms with Crippen LogP contribution in [0.15, 0.2) is 34.6 Å². The lowest BCUT2D eigenvalue weighted by Crippen LogP contribution is -2.37. The van der Waals surface area contributed by atoms with E-state index in [9.17, 15) is 13.2 Å². The Bertz CT molecular complexity index is 759. The number of thiazole rings is 1. The molecule has 0 spiro atoms. The maximum absolute atomic E-state index is 12.5. The molecule has 0 atom stereocenters. The van der Waals surface area contributed by atoms with E-state index in [0.29, 0.717) is 36.0 Å². The summed E-state index contributed by atoms with van der Waals surface area (Å²) in [5.74, 6) is 0.539. The van der Waals surface area contributed by atoms with E-state index in [-0.39, 0.29) is 0 Å². The first-order chi connectivity index (χ1) is 11.9. The first kappa shape index (κ1) is 18.7. The van der Waals surface area contributed by atoms with Crippen LogP contribution in [0.3, 0.4) is 0 Å². The summed E-state index contributed by atoms with van der Waals surface area (Å²) in [6.45, 7) is 0.929. The van der Waals surface area contributed by atoms with Gasteiger partial charge in [0.2, 0.25) is 0 Å². The fourth-order valence-electron chi connectivity index (χ4n) is 1.95. The summed E-state index contributed by atoms with van der Waals surface area (Å²) in [4.78, 5) is 7.64. The third-order valence-corrected chi connectivity index (χ3v) is 4.15. The molecule has 25 heavy (non-hydrogen) atoms. The van der Waals surface area contributed by atoms with Gasteiger partial charge in [-0.3, -0.25) is 4.99 Å². The van der Waals surface area contributed by atoms with Crippen LogP contribution in [-0.2, 0) is 19.1 Å². The van der Waals surface area contributed by atoms with E-state index in [1.54, 1.807) is 19.2 Å². The highest BCUT2D eigenvalue weighted by Crippen LogP contribution is 2.29. The van der Waals surface area contributed by atoms with E-state index in [1.807, 2.05) is 12.1 Å². The number of hydrogen-bond donors (Lipinski definition) is 2. The number of nitrogens with one attached hydrogen (secondary N) is 2. The summed E-state index contributed by atoms with van der Waals surface area (Å²) in [6.07, 6.45) is -4.03. The highest BCUT2D eigenvalue weighted by molar-refractivity contribution is 7.09. The monoisotopic (exact) mass is 367 g/mol. The quantitative estimate of drug-likeness (QED) is 0.630. The van der Waals surface area contributed by atoms with Crippen molar-refractivity contribution in [3.05, 3.63) is 51.5 Å². The molecule has 0 aliphatic carbocycles. The molecule has 1 heterocycles. The van der Waals surface area contributed by atoms with Gasteiger partial charge in [0.25, 0.3) is 0 Å². The maximum atomic E-state index is 12.5. The molecular formula is C16H16F3N5S. The topological polar surface area (TPSA) is 73.1 Å². The second-order valence-corrected chi connectivity index (χ2v) is 5.98. The molecule has 2 N–H and O–H groups in total. The van der Waals surface area contributed by atoms with Crippen molar-refractivity contribution in [1.29, 1.82) is 5.26 Å². The Hall–Kier alpha value is -2.60. The minimum Gasteiger partial charge on any atom is -0.356 e. The molecule has 0 bridgehead atoms. The van der Waals surface area contributed by atoms with E-state index in [4.69, 9.17) is 5.26 Å². The van der Waals surface area contributed by atoms with E-state index in [1.165, 1.54) is 0 Å². The van der Waals surface area contributed by atoms with Crippen LogP contribution in [0.5, 0.6) is 0 Å². The van der Waals surface area contributed by atoms with Crippen LogP contribution in [0, 0.1) is 11.3 Å². The van der Waals surface area contributed by atoms with Gasteiger partial charge in [0.15, 0.2) is 11.7 Å². The van der Waals surface area contributed by atoms with Gasteiger partial charge in [0, 0.05) is 31.9 Å². The molecule has 132 valence electrons. The molecule has 0 radical (unpaired) electrons. The number of halogens is 3. The van der Waals surface area contributed by atoms with E-state index >= 15 is 0 Å². The summed E-state index contributed by atoms with van der Waals surface area (Å²) in [7, 11) is 1.61. The van der Waals surface area contributed by atoms with Crippen LogP contribution in [0.25, 0.3) is 0 Å². The highest BCUT2D eigenvalue weighted by Gasteiger charge is 2.33. The molecule has 0 fully saturated rings. The fourth-order valence-corrected chi connectivity index (χ4v) is 2.75. The molecule has 2 rings (SSSR count). The van der Waals surface area contributed by atoms with Crippen LogP contribution in [0.1, 0.15) is 21.8 Å². The van der Waals surface area contributed by atoms with E-state index in [0.717, 1.165) is 22.3 Å². The van der Waals surface area contributed by atoms with Crippen molar-refractivity contribution < 1.29 is 13.2 Å². The fraction of sp³-hybridized carbons (Fsp3) is 0.312. The Morgan fingerprint density at radius 3 is 2.56 bits per heavy atom. The Morgan fingerprint density at radius 1 is 1.28 bits per heavy atom. The second-order valence-electron chi connectivity index (χ2n) is 5.04. The number of alkyl halides is 3. The minimum atomic E-state index is -4.40. The van der Waals surface area contributed by atoms with Crippen LogP contribution in [0.4, 0.5) is 13.2 Å². The van der Waals surface area contributed by atoms with Gasteiger partial charge in [0.1, 0.15) is 0 Å². The van der Waals surface area contributed by atoms with Gasteiger partial charge in [-0.05, 0) is 17.7 Å². The Labute approximate surface area is 147 Å². The van der Waals surface area contributed by atoms with Gasteiger partial charge in [-0.2, -0.15) is 18.4 Å². The lowest BCUT2D eigenvalue weighted by Gasteiger charge is -2.11. The molecule has 0 saturated heterocycles. The average Bonchev–Trinajstić information content (AvgIpc) is 3.07. The second kappa shape index (κ2) is 8.48. The third kappa shape index (κ3) is 5.76. The van der Waals surface area contributed by atoms with Gasteiger partial charge >= 0.3 is 6.18 Å². The molecule has 5 nitrogen and oxygen atoms in total. The Morgan fingerprint density at radius 2 is 2.00 bits per heavy atom. The first-order valence-electron chi connectivity index (χ1n) is 7.37. The first-order valence-corrected chi connectivity index (χ1v) is 8.25. The van der Waals surface area contributed by atoms with Gasteiger partial charge in [-0.15, -0.1) is 11.3 Å². The zero-order valence-corrected chi connectivity index (χ0v) is 14.2. The van der Waals surface area contributed by atoms with Gasteiger partial charge in [-0.25, -0.2) is 4.98 Å². The predicted molar refractivity (Wildman–Crippen MR) is 90.2 cm³/mol. The van der Waals surface area contributed by atoms with Crippen molar-refractivity contribution in [2.45, 2.75) is 19.1 Å². The predicted octanol–water partition coefficient (Wildman–Crippen LogP) is 2.94. The van der Waals surface area contributed by atoms with Crippen molar-refractivity contribution in [3.8, 4) is 6.07 Å². The number of aromatic nitrogens is 1. The van der Waals surface area contributed by atoms with Crippen molar-refractivity contribution in [1.82, 2.24) is 15.6 Å². The summed E-state index contributed by atoms with van der Waals surface area (Å²) in [5, 5.41) is 16.3. The number of aliphatic imine (C=N–C) groups is 1. The summed E-state index contributed by atoms with van der Waals surface area (Å²) in [5.41, 5.74) is 0.723. The molecule has 1 aromatic heterocycles. The van der Waals surface area contributed by atoms with E-state index in [2.05, 4.69) is 26.7 Å². The number of rotatable bonds is 5. The molecule has 0 unspecified atom stereocenters. The van der Waals surface area contributed by atoms with Gasteiger partial charge in [0.05, 0.1) is 16.6 Å². The molecule has 0 aliphatic heterocycles. The number of benzene rings is 1. The highest BCUT2D eigenvalue weighted by atomic mass is 32.1. The molecule has 0 amide bonds. The lowest BCUT2D eigenvalue weighted by atomic mass is 10.1.